The molecule has 0 bridgehead atoms. The van der Waals surface area contributed by atoms with E-state index in [0.29, 0.717) is 0 Å². The van der Waals surface area contributed by atoms with Crippen molar-refractivity contribution in [1.29, 1.82) is 0 Å². The van der Waals surface area contributed by atoms with Crippen molar-refractivity contribution in [2.75, 3.05) is 39.3 Å². The van der Waals surface area contributed by atoms with E-state index in [4.69, 9.17) is 10.8 Å². The smallest absolute Gasteiger partial charge is 0.241 e. The van der Waals surface area contributed by atoms with Crippen LogP contribution in [0.3, 0.4) is 0 Å². The van der Waals surface area contributed by atoms with Crippen LogP contribution in [0.4, 0.5) is 0 Å². The van der Waals surface area contributed by atoms with Crippen LogP contribution in [-0.4, -0.2) is 66.2 Å². The van der Waals surface area contributed by atoms with Crippen molar-refractivity contribution in [1.82, 2.24) is 9.80 Å². The third-order valence-electron chi connectivity index (χ3n) is 3.03. The van der Waals surface area contributed by atoms with E-state index < -0.39 is 6.04 Å². The van der Waals surface area contributed by atoms with Crippen molar-refractivity contribution in [2.24, 2.45) is 5.73 Å². The fourth-order valence-corrected chi connectivity index (χ4v) is 1.89. The van der Waals surface area contributed by atoms with E-state index in [1.54, 1.807) is 4.90 Å². The lowest BCUT2D eigenvalue weighted by Crippen LogP contribution is -2.54. The summed E-state index contributed by atoms with van der Waals surface area (Å²) in [7, 11) is 0. The van der Waals surface area contributed by atoms with Crippen molar-refractivity contribution >= 4 is 5.91 Å². The monoisotopic (exact) mass is 229 g/mol. The summed E-state index contributed by atoms with van der Waals surface area (Å²) in [5.74, 6) is -0.127. The SMILES string of the molecule is CCCCN1CCN(C(=O)[C@@H](N)CO)CC1. The molecular weight excluding hydrogens is 206 g/mol. The van der Waals surface area contributed by atoms with E-state index in [1.165, 1.54) is 12.8 Å². The molecule has 1 fully saturated rings. The van der Waals surface area contributed by atoms with Crippen LogP contribution in [0.5, 0.6) is 0 Å². The maximum atomic E-state index is 11.7. The maximum absolute atomic E-state index is 11.7. The minimum Gasteiger partial charge on any atom is -0.394 e. The number of piperazine rings is 1. The molecular formula is C11H23N3O2. The van der Waals surface area contributed by atoms with Gasteiger partial charge in [-0.1, -0.05) is 13.3 Å². The van der Waals surface area contributed by atoms with Gasteiger partial charge < -0.3 is 15.7 Å². The molecule has 0 aromatic carbocycles. The third kappa shape index (κ3) is 3.73. The summed E-state index contributed by atoms with van der Waals surface area (Å²) in [6, 6.07) is -0.748. The number of carbonyl (C=O) groups is 1. The Balaban J connectivity index is 2.28. The van der Waals surface area contributed by atoms with Crippen LogP contribution >= 0.6 is 0 Å². The summed E-state index contributed by atoms with van der Waals surface area (Å²) in [4.78, 5) is 15.8. The number of hydrogen-bond donors (Lipinski definition) is 2. The standard InChI is InChI=1S/C11H23N3O2/c1-2-3-4-13-5-7-14(8-6-13)11(16)10(12)9-15/h10,15H,2-9,12H2,1H3/t10-/m0/s1. The average molecular weight is 229 g/mol. The lowest BCUT2D eigenvalue weighted by atomic mass is 10.2. The first kappa shape index (κ1) is 13.4. The first-order valence-corrected chi connectivity index (χ1v) is 6.06. The molecule has 3 N–H and O–H groups in total. The molecule has 1 amide bonds. The Bertz CT molecular complexity index is 215. The van der Waals surface area contributed by atoms with Gasteiger partial charge in [0.2, 0.25) is 5.91 Å². The fraction of sp³-hybridized carbons (Fsp3) is 0.909. The predicted molar refractivity (Wildman–Crippen MR) is 63.0 cm³/mol. The van der Waals surface area contributed by atoms with Crippen LogP contribution in [0.15, 0.2) is 0 Å². The molecule has 1 saturated heterocycles. The number of unbranched alkanes of at least 4 members (excludes halogenated alkanes) is 1. The lowest BCUT2D eigenvalue weighted by Gasteiger charge is -2.35. The van der Waals surface area contributed by atoms with E-state index in [0.717, 1.165) is 32.7 Å². The van der Waals surface area contributed by atoms with Gasteiger partial charge in [0, 0.05) is 26.2 Å². The largest absolute Gasteiger partial charge is 0.394 e. The number of aliphatic hydroxyl groups is 1. The Labute approximate surface area is 97.2 Å². The van der Waals surface area contributed by atoms with Crippen LogP contribution in [0.2, 0.25) is 0 Å². The van der Waals surface area contributed by atoms with Gasteiger partial charge in [0.25, 0.3) is 0 Å². The zero-order valence-corrected chi connectivity index (χ0v) is 10.1. The van der Waals surface area contributed by atoms with Gasteiger partial charge >= 0.3 is 0 Å². The molecule has 16 heavy (non-hydrogen) atoms. The second-order valence-corrected chi connectivity index (χ2v) is 4.31. The quantitative estimate of drug-likeness (QED) is 0.651. The van der Waals surface area contributed by atoms with Crippen molar-refractivity contribution in [3.8, 4) is 0 Å². The molecule has 94 valence electrons. The molecule has 1 aliphatic rings. The van der Waals surface area contributed by atoms with Crippen LogP contribution in [0.25, 0.3) is 0 Å². The molecule has 1 atom stereocenters. The predicted octanol–water partition coefficient (Wildman–Crippen LogP) is -0.750. The van der Waals surface area contributed by atoms with E-state index in [2.05, 4.69) is 11.8 Å². The number of nitrogens with two attached hydrogens (primary N) is 1. The Morgan fingerprint density at radius 1 is 1.38 bits per heavy atom. The Hall–Kier alpha value is -0.650. The highest BCUT2D eigenvalue weighted by atomic mass is 16.3. The summed E-state index contributed by atoms with van der Waals surface area (Å²) in [5, 5.41) is 8.82. The van der Waals surface area contributed by atoms with Crippen LogP contribution < -0.4 is 5.73 Å². The highest BCUT2D eigenvalue weighted by molar-refractivity contribution is 5.81. The summed E-state index contributed by atoms with van der Waals surface area (Å²) in [6.45, 7) is 6.33. The topological polar surface area (TPSA) is 69.8 Å². The highest BCUT2D eigenvalue weighted by Gasteiger charge is 2.24. The fourth-order valence-electron chi connectivity index (χ4n) is 1.89. The van der Waals surface area contributed by atoms with Crippen molar-refractivity contribution in [3.63, 3.8) is 0 Å². The summed E-state index contributed by atoms with van der Waals surface area (Å²) < 4.78 is 0. The normalized spacial score (nSPS) is 19.8. The van der Waals surface area contributed by atoms with E-state index in [-0.39, 0.29) is 12.5 Å². The minimum absolute atomic E-state index is 0.127. The zero-order valence-electron chi connectivity index (χ0n) is 10.1. The first-order chi connectivity index (χ1) is 7.69. The second-order valence-electron chi connectivity index (χ2n) is 4.31. The molecule has 1 heterocycles. The third-order valence-corrected chi connectivity index (χ3v) is 3.03. The van der Waals surface area contributed by atoms with Gasteiger partial charge in [-0.25, -0.2) is 0 Å². The number of carbonyl (C=O) groups excluding carboxylic acids is 1. The van der Waals surface area contributed by atoms with Crippen molar-refractivity contribution < 1.29 is 9.90 Å². The van der Waals surface area contributed by atoms with E-state index in [9.17, 15) is 4.79 Å². The van der Waals surface area contributed by atoms with Crippen molar-refractivity contribution in [3.05, 3.63) is 0 Å². The minimum atomic E-state index is -0.748. The second kappa shape index (κ2) is 6.83. The molecule has 0 spiro atoms. The summed E-state index contributed by atoms with van der Waals surface area (Å²) in [5.41, 5.74) is 5.51. The number of nitrogens with zero attached hydrogens (tertiary/aromatic N) is 2. The van der Waals surface area contributed by atoms with Gasteiger partial charge in [0.15, 0.2) is 0 Å². The molecule has 0 saturated carbocycles. The lowest BCUT2D eigenvalue weighted by molar-refractivity contribution is -0.135. The van der Waals surface area contributed by atoms with Crippen LogP contribution in [0, 0.1) is 0 Å². The van der Waals surface area contributed by atoms with E-state index >= 15 is 0 Å². The summed E-state index contributed by atoms with van der Waals surface area (Å²) in [6.07, 6.45) is 2.42. The van der Waals surface area contributed by atoms with Crippen molar-refractivity contribution in [2.45, 2.75) is 25.8 Å². The van der Waals surface area contributed by atoms with Crippen LogP contribution in [0.1, 0.15) is 19.8 Å². The highest BCUT2D eigenvalue weighted by Crippen LogP contribution is 2.04. The van der Waals surface area contributed by atoms with Gasteiger partial charge in [0.05, 0.1) is 6.61 Å². The molecule has 0 aromatic rings. The van der Waals surface area contributed by atoms with Crippen LogP contribution in [-0.2, 0) is 4.79 Å². The number of amides is 1. The first-order valence-electron chi connectivity index (χ1n) is 6.06. The van der Waals surface area contributed by atoms with E-state index in [1.807, 2.05) is 0 Å². The van der Waals surface area contributed by atoms with Gasteiger partial charge in [-0.3, -0.25) is 9.69 Å². The summed E-state index contributed by atoms with van der Waals surface area (Å²) >= 11 is 0. The van der Waals surface area contributed by atoms with Gasteiger partial charge in [-0.05, 0) is 13.0 Å². The number of aliphatic hydroxyl groups excluding tert-OH is 1. The molecule has 0 unspecified atom stereocenters. The maximum Gasteiger partial charge on any atom is 0.241 e. The number of hydrogen-bond acceptors (Lipinski definition) is 4. The zero-order chi connectivity index (χ0) is 12.0. The molecule has 0 aliphatic carbocycles. The molecule has 0 aromatic heterocycles. The molecule has 5 heteroatoms. The molecule has 5 nitrogen and oxygen atoms in total. The van der Waals surface area contributed by atoms with Gasteiger partial charge in [-0.15, -0.1) is 0 Å². The Morgan fingerprint density at radius 3 is 2.50 bits per heavy atom. The Morgan fingerprint density at radius 2 is 2.00 bits per heavy atom. The Kier molecular flexibility index (Phi) is 5.73. The average Bonchev–Trinajstić information content (AvgIpc) is 2.35. The van der Waals surface area contributed by atoms with Gasteiger partial charge in [0.1, 0.15) is 6.04 Å². The molecule has 1 rings (SSSR count). The number of rotatable bonds is 5. The molecule has 1 aliphatic heterocycles. The molecule has 0 radical (unpaired) electrons. The van der Waals surface area contributed by atoms with Gasteiger partial charge in [-0.2, -0.15) is 0 Å².